The molecule has 3 N–H and O–H groups in total. The molecule has 0 saturated heterocycles. The van der Waals surface area contributed by atoms with E-state index in [1.54, 1.807) is 6.07 Å². The molecule has 1 aromatic carbocycles. The molecule has 1 atom stereocenters. The summed E-state index contributed by atoms with van der Waals surface area (Å²) in [7, 11) is 1.86. The highest BCUT2D eigenvalue weighted by Gasteiger charge is 2.13. The van der Waals surface area contributed by atoms with Gasteiger partial charge in [-0.05, 0) is 37.6 Å². The number of nitrogens with zero attached hydrogens (tertiary/aromatic N) is 2. The number of nitrogens with one attached hydrogen (secondary N) is 3. The average molecular weight is 259 g/mol. The molecule has 0 saturated carbocycles. The number of H-pyrrole nitrogens is 1. The highest BCUT2D eigenvalue weighted by molar-refractivity contribution is 5.95. The van der Waals surface area contributed by atoms with Crippen molar-refractivity contribution in [3.63, 3.8) is 0 Å². The average Bonchev–Trinajstić information content (AvgIpc) is 2.92. The molecule has 1 unspecified atom stereocenters. The first-order chi connectivity index (χ1) is 9.11. The van der Waals surface area contributed by atoms with Gasteiger partial charge >= 0.3 is 0 Å². The molecule has 2 aromatic rings. The van der Waals surface area contributed by atoms with Crippen molar-refractivity contribution in [2.24, 2.45) is 0 Å². The summed E-state index contributed by atoms with van der Waals surface area (Å²) in [4.78, 5) is 16.1. The van der Waals surface area contributed by atoms with E-state index in [-0.39, 0.29) is 11.9 Å². The van der Waals surface area contributed by atoms with Crippen LogP contribution in [-0.2, 0) is 0 Å². The zero-order chi connectivity index (χ0) is 13.8. The largest absolute Gasteiger partial charge is 0.388 e. The number of hydrogen-bond acceptors (Lipinski definition) is 4. The van der Waals surface area contributed by atoms with Crippen molar-refractivity contribution >= 4 is 11.6 Å². The van der Waals surface area contributed by atoms with Gasteiger partial charge in [-0.25, -0.2) is 4.98 Å². The fraction of sp³-hybridized carbons (Fsp3) is 0.308. The third-order valence-electron chi connectivity index (χ3n) is 2.95. The van der Waals surface area contributed by atoms with E-state index in [0.29, 0.717) is 11.4 Å². The molecular formula is C13H17N5O. The lowest BCUT2D eigenvalue weighted by molar-refractivity contribution is 0.0938. The van der Waals surface area contributed by atoms with Crippen LogP contribution in [0.3, 0.4) is 0 Å². The number of aryl methyl sites for hydroxylation is 1. The Labute approximate surface area is 111 Å². The van der Waals surface area contributed by atoms with Gasteiger partial charge in [0.05, 0.1) is 6.04 Å². The van der Waals surface area contributed by atoms with E-state index in [9.17, 15) is 4.79 Å². The molecule has 19 heavy (non-hydrogen) atoms. The van der Waals surface area contributed by atoms with Gasteiger partial charge in [-0.3, -0.25) is 9.89 Å². The molecule has 100 valence electrons. The van der Waals surface area contributed by atoms with E-state index < -0.39 is 0 Å². The minimum atomic E-state index is -0.209. The first kappa shape index (κ1) is 13.1. The van der Waals surface area contributed by atoms with Gasteiger partial charge in [-0.1, -0.05) is 0 Å². The third-order valence-corrected chi connectivity index (χ3v) is 2.95. The molecule has 0 fully saturated rings. The van der Waals surface area contributed by atoms with Crippen LogP contribution >= 0.6 is 0 Å². The second kappa shape index (κ2) is 5.51. The number of carbonyl (C=O) groups excluding carboxylic acids is 1. The van der Waals surface area contributed by atoms with Crippen LogP contribution in [-0.4, -0.2) is 28.1 Å². The Morgan fingerprint density at radius 1 is 1.42 bits per heavy atom. The fourth-order valence-corrected chi connectivity index (χ4v) is 1.86. The van der Waals surface area contributed by atoms with Gasteiger partial charge in [0.25, 0.3) is 5.91 Å². The number of amides is 1. The van der Waals surface area contributed by atoms with Gasteiger partial charge < -0.3 is 10.6 Å². The molecule has 1 amide bonds. The maximum Gasteiger partial charge on any atom is 0.251 e. The van der Waals surface area contributed by atoms with Gasteiger partial charge in [0.2, 0.25) is 0 Å². The molecule has 1 heterocycles. The number of aromatic amines is 1. The molecule has 0 aliphatic rings. The topological polar surface area (TPSA) is 82.7 Å². The molecule has 0 bridgehead atoms. The summed E-state index contributed by atoms with van der Waals surface area (Å²) < 4.78 is 0. The Hall–Kier alpha value is -2.37. The van der Waals surface area contributed by atoms with Crippen LogP contribution in [0.4, 0.5) is 5.69 Å². The van der Waals surface area contributed by atoms with Crippen LogP contribution in [0.25, 0.3) is 0 Å². The van der Waals surface area contributed by atoms with Crippen LogP contribution in [0.15, 0.2) is 24.5 Å². The normalized spacial score (nSPS) is 11.9. The lowest BCUT2D eigenvalue weighted by atomic mass is 10.1. The number of hydrogen-bond donors (Lipinski definition) is 3. The summed E-state index contributed by atoms with van der Waals surface area (Å²) in [5.41, 5.74) is 2.67. The minimum Gasteiger partial charge on any atom is -0.388 e. The van der Waals surface area contributed by atoms with Crippen molar-refractivity contribution in [1.82, 2.24) is 20.5 Å². The predicted molar refractivity (Wildman–Crippen MR) is 73.0 cm³/mol. The maximum atomic E-state index is 12.1. The van der Waals surface area contributed by atoms with E-state index in [1.807, 2.05) is 33.0 Å². The molecule has 0 radical (unpaired) electrons. The lowest BCUT2D eigenvalue weighted by Crippen LogP contribution is -2.27. The Morgan fingerprint density at radius 3 is 2.79 bits per heavy atom. The zero-order valence-electron chi connectivity index (χ0n) is 11.2. The summed E-state index contributed by atoms with van der Waals surface area (Å²) in [6.07, 6.45) is 1.42. The lowest BCUT2D eigenvalue weighted by Gasteiger charge is -2.12. The van der Waals surface area contributed by atoms with Gasteiger partial charge in [-0.2, -0.15) is 5.10 Å². The van der Waals surface area contributed by atoms with Crippen molar-refractivity contribution in [2.45, 2.75) is 19.9 Å². The number of rotatable bonds is 4. The van der Waals surface area contributed by atoms with Gasteiger partial charge in [0.15, 0.2) is 0 Å². The van der Waals surface area contributed by atoms with Crippen molar-refractivity contribution < 1.29 is 4.79 Å². The van der Waals surface area contributed by atoms with Crippen LogP contribution in [0.5, 0.6) is 0 Å². The van der Waals surface area contributed by atoms with Gasteiger partial charge in [0.1, 0.15) is 12.2 Å². The molecule has 6 nitrogen and oxygen atoms in total. The number of benzene rings is 1. The van der Waals surface area contributed by atoms with Gasteiger partial charge in [0, 0.05) is 18.3 Å². The number of aromatic nitrogens is 3. The Kier molecular flexibility index (Phi) is 3.79. The standard InChI is InChI=1S/C13H17N5O/c1-8-6-10(4-5-11(8)14-3)13(19)17-9(2)12-15-7-16-18-12/h4-7,9,14H,1-3H3,(H,17,19)(H,15,16,18). The first-order valence-corrected chi connectivity index (χ1v) is 6.06. The van der Waals surface area contributed by atoms with E-state index in [1.165, 1.54) is 6.33 Å². The molecule has 6 heteroatoms. The van der Waals surface area contributed by atoms with Crippen LogP contribution in [0.2, 0.25) is 0 Å². The second-order valence-corrected chi connectivity index (χ2v) is 4.35. The molecular weight excluding hydrogens is 242 g/mol. The summed E-state index contributed by atoms with van der Waals surface area (Å²) in [5, 5.41) is 12.4. The summed E-state index contributed by atoms with van der Waals surface area (Å²) >= 11 is 0. The second-order valence-electron chi connectivity index (χ2n) is 4.35. The monoisotopic (exact) mass is 259 g/mol. The van der Waals surface area contributed by atoms with Crippen LogP contribution < -0.4 is 10.6 Å². The number of carbonyl (C=O) groups is 1. The van der Waals surface area contributed by atoms with Crippen molar-refractivity contribution in [1.29, 1.82) is 0 Å². The number of anilines is 1. The smallest absolute Gasteiger partial charge is 0.251 e. The summed E-state index contributed by atoms with van der Waals surface area (Å²) in [5.74, 6) is 0.506. The zero-order valence-corrected chi connectivity index (χ0v) is 11.2. The fourth-order valence-electron chi connectivity index (χ4n) is 1.86. The van der Waals surface area contributed by atoms with Crippen molar-refractivity contribution in [2.75, 3.05) is 12.4 Å². The van der Waals surface area contributed by atoms with E-state index in [0.717, 1.165) is 11.3 Å². The Morgan fingerprint density at radius 2 is 2.21 bits per heavy atom. The molecule has 0 spiro atoms. The Bertz CT molecular complexity index is 564. The van der Waals surface area contributed by atoms with E-state index in [2.05, 4.69) is 25.8 Å². The van der Waals surface area contributed by atoms with E-state index >= 15 is 0 Å². The van der Waals surface area contributed by atoms with Crippen molar-refractivity contribution in [3.8, 4) is 0 Å². The third kappa shape index (κ3) is 2.90. The Balaban J connectivity index is 2.10. The quantitative estimate of drug-likeness (QED) is 0.779. The summed E-state index contributed by atoms with van der Waals surface area (Å²) in [6, 6.07) is 5.33. The molecule has 2 rings (SSSR count). The molecule has 1 aromatic heterocycles. The maximum absolute atomic E-state index is 12.1. The summed E-state index contributed by atoms with van der Waals surface area (Å²) in [6.45, 7) is 3.82. The molecule has 0 aliphatic carbocycles. The van der Waals surface area contributed by atoms with Crippen LogP contribution in [0.1, 0.15) is 34.7 Å². The SMILES string of the molecule is CNc1ccc(C(=O)NC(C)c2ncn[nH]2)cc1C. The predicted octanol–water partition coefficient (Wildman–Crippen LogP) is 1.65. The first-order valence-electron chi connectivity index (χ1n) is 6.06. The van der Waals surface area contributed by atoms with Crippen molar-refractivity contribution in [3.05, 3.63) is 41.5 Å². The highest BCUT2D eigenvalue weighted by Crippen LogP contribution is 2.16. The highest BCUT2D eigenvalue weighted by atomic mass is 16.1. The van der Waals surface area contributed by atoms with E-state index in [4.69, 9.17) is 0 Å². The minimum absolute atomic E-state index is 0.130. The van der Waals surface area contributed by atoms with Crippen LogP contribution in [0, 0.1) is 6.92 Å². The van der Waals surface area contributed by atoms with Gasteiger partial charge in [-0.15, -0.1) is 0 Å². The molecule has 0 aliphatic heterocycles.